The summed E-state index contributed by atoms with van der Waals surface area (Å²) in [5, 5.41) is 27.7. The van der Waals surface area contributed by atoms with E-state index in [1.165, 1.54) is 44.2 Å². The van der Waals surface area contributed by atoms with E-state index in [1.807, 2.05) is 24.0 Å². The Morgan fingerprint density at radius 1 is 0.940 bits per heavy atom. The molecule has 4 aliphatic rings. The molecule has 7 atom stereocenters. The number of fused-ring (bicyclic) bond motifs is 2. The maximum absolute atomic E-state index is 15.2. The average molecular weight is 932 g/mol. The minimum absolute atomic E-state index is 0.0149. The van der Waals surface area contributed by atoms with Crippen molar-refractivity contribution < 1.29 is 48.0 Å². The molecule has 2 heterocycles. The first-order valence-electron chi connectivity index (χ1n) is 25.6. The maximum atomic E-state index is 15.2. The Bertz CT molecular complexity index is 1920. The third-order valence-electron chi connectivity index (χ3n) is 14.1. The minimum atomic E-state index is -1.47. The second kappa shape index (κ2) is 27.0. The lowest BCUT2D eigenvalue weighted by Crippen LogP contribution is -2.70. The first kappa shape index (κ1) is 52.1. The van der Waals surface area contributed by atoms with Crippen LogP contribution >= 0.6 is 0 Å². The van der Waals surface area contributed by atoms with Crippen LogP contribution in [0, 0.1) is 23.6 Å². The normalized spacial score (nSPS) is 24.7. The predicted molar refractivity (Wildman–Crippen MR) is 258 cm³/mol. The van der Waals surface area contributed by atoms with Crippen molar-refractivity contribution in [2.75, 3.05) is 33.0 Å². The lowest BCUT2D eigenvalue weighted by Gasteiger charge is -2.60. The van der Waals surface area contributed by atoms with Crippen LogP contribution in [-0.2, 0) is 25.7 Å². The van der Waals surface area contributed by atoms with Crippen molar-refractivity contribution in [2.45, 2.75) is 173 Å². The van der Waals surface area contributed by atoms with E-state index < -0.39 is 30.1 Å². The molecular formula is C54H78FN3O9. The van der Waals surface area contributed by atoms with Gasteiger partial charge >= 0.3 is 6.09 Å². The molecule has 0 radical (unpaired) electrons. The highest BCUT2D eigenvalue weighted by Gasteiger charge is 2.65. The van der Waals surface area contributed by atoms with Gasteiger partial charge in [0.05, 0.1) is 24.8 Å². The lowest BCUT2D eigenvalue weighted by molar-refractivity contribution is -0.258. The number of hydrogen-bond acceptors (Lipinski definition) is 10. The third-order valence-corrected chi connectivity index (χ3v) is 14.1. The standard InChI is InChI=1S/C54H78FN3O9/c1-4-7-8-9-10-11-12-13-14-23-49(61)58(38-39-25-27-41(55)28-26-39)48-37-46(57-67-50-24-17-20-34-63-50)44-35-40(21-15-18-31-59)43(22-16-19-32-60)51-45-36-42(65-53(62)56-6-3)29-30-47(45)66-54(48,52(44)51)64-33-5-2/h5,25-30,35-36,40,43,48,50-52,59-60H,2,4,6-24,31-34,37-38H2,1,3H3,(H,56,62)/t40-,43+,48-,50?,51+,52+,54+/m0/s1. The number of nitrogens with one attached hydrogen (secondary N) is 1. The van der Waals surface area contributed by atoms with Gasteiger partial charge in [0.15, 0.2) is 0 Å². The van der Waals surface area contributed by atoms with E-state index in [2.05, 4.69) is 24.9 Å². The molecule has 2 fully saturated rings. The number of ether oxygens (including phenoxy) is 4. The first-order valence-corrected chi connectivity index (χ1v) is 25.6. The molecule has 12 nitrogen and oxygen atoms in total. The SMILES string of the molecule is C=CCO[C@@]12Oc3ccc(OC(=O)NCC)cc3[C@H]3[C@H](CCCCO)[C@@H](CCCCO)C=C(C(=NOC4CCCCO4)C[C@@H]1N(Cc1ccc(F)cc1)C(=O)CCCCCCCCCCC)[C@H]32. The summed E-state index contributed by atoms with van der Waals surface area (Å²) in [6.07, 6.45) is 20.5. The maximum Gasteiger partial charge on any atom is 0.412 e. The fraction of sp³-hybridized carbons (Fsp3) is 0.648. The van der Waals surface area contributed by atoms with Crippen molar-refractivity contribution in [2.24, 2.45) is 22.9 Å². The zero-order valence-corrected chi connectivity index (χ0v) is 40.3. The molecule has 2 amide bonds. The van der Waals surface area contributed by atoms with Crippen molar-refractivity contribution in [3.05, 3.63) is 83.7 Å². The number of aliphatic hydroxyl groups is 2. The lowest BCUT2D eigenvalue weighted by atomic mass is 9.55. The minimum Gasteiger partial charge on any atom is -0.459 e. The molecule has 13 heteroatoms. The summed E-state index contributed by atoms with van der Waals surface area (Å²) in [6, 6.07) is 11.0. The van der Waals surface area contributed by atoms with E-state index >= 15 is 4.79 Å². The summed E-state index contributed by atoms with van der Waals surface area (Å²) in [6.45, 7) is 9.55. The van der Waals surface area contributed by atoms with Gasteiger partial charge in [0.1, 0.15) is 23.4 Å². The number of aliphatic hydroxyl groups excluding tert-OH is 2. The fourth-order valence-corrected chi connectivity index (χ4v) is 10.8. The molecular weight excluding hydrogens is 854 g/mol. The molecule has 2 aliphatic carbocycles. The van der Waals surface area contributed by atoms with Crippen molar-refractivity contribution in [3.63, 3.8) is 0 Å². The smallest absolute Gasteiger partial charge is 0.412 e. The van der Waals surface area contributed by atoms with Gasteiger partial charge in [-0.25, -0.2) is 9.18 Å². The summed E-state index contributed by atoms with van der Waals surface area (Å²) < 4.78 is 40.9. The molecule has 2 aromatic rings. The molecule has 1 saturated carbocycles. The monoisotopic (exact) mass is 932 g/mol. The van der Waals surface area contributed by atoms with E-state index in [0.717, 1.165) is 80.9 Å². The van der Waals surface area contributed by atoms with Crippen molar-refractivity contribution in [1.29, 1.82) is 0 Å². The Kier molecular flexibility index (Phi) is 21.0. The quantitative estimate of drug-likeness (QED) is 0.0431. The molecule has 2 aliphatic heterocycles. The molecule has 3 N–H and O–H groups in total. The summed E-state index contributed by atoms with van der Waals surface area (Å²) in [5.74, 6) is -1.81. The van der Waals surface area contributed by atoms with Gasteiger partial charge in [-0.1, -0.05) is 101 Å². The molecule has 0 bridgehead atoms. The number of benzene rings is 2. The molecule has 0 spiro atoms. The molecule has 6 rings (SSSR count). The van der Waals surface area contributed by atoms with Crippen LogP contribution in [0.15, 0.2) is 71.9 Å². The number of hydrogen-bond donors (Lipinski definition) is 3. The summed E-state index contributed by atoms with van der Waals surface area (Å²) in [7, 11) is 0. The van der Waals surface area contributed by atoms with Gasteiger partial charge in [0.2, 0.25) is 18.0 Å². The highest BCUT2D eigenvalue weighted by atomic mass is 19.1. The Morgan fingerprint density at radius 3 is 2.36 bits per heavy atom. The number of halogens is 1. The van der Waals surface area contributed by atoms with Crippen LogP contribution in [0.1, 0.15) is 159 Å². The number of carbonyl (C=O) groups excluding carboxylic acids is 2. The second-order valence-electron chi connectivity index (χ2n) is 18.8. The topological polar surface area (TPSA) is 148 Å². The Balaban J connectivity index is 1.51. The highest BCUT2D eigenvalue weighted by molar-refractivity contribution is 6.03. The number of oxime groups is 1. The van der Waals surface area contributed by atoms with E-state index in [4.69, 9.17) is 28.9 Å². The van der Waals surface area contributed by atoms with Crippen LogP contribution in [0.4, 0.5) is 9.18 Å². The first-order chi connectivity index (χ1) is 32.8. The number of rotatable bonds is 28. The van der Waals surface area contributed by atoms with E-state index in [1.54, 1.807) is 24.3 Å². The molecule has 370 valence electrons. The van der Waals surface area contributed by atoms with Crippen molar-refractivity contribution in [3.8, 4) is 11.5 Å². The van der Waals surface area contributed by atoms with Gasteiger partial charge in [-0.05, 0) is 105 Å². The van der Waals surface area contributed by atoms with Crippen LogP contribution in [0.3, 0.4) is 0 Å². The second-order valence-corrected chi connectivity index (χ2v) is 18.8. The molecule has 0 aromatic heterocycles. The Labute approximate surface area is 398 Å². The van der Waals surface area contributed by atoms with Crippen LogP contribution in [-0.4, -0.2) is 83.9 Å². The van der Waals surface area contributed by atoms with E-state index in [-0.39, 0.29) is 62.3 Å². The number of amides is 2. The van der Waals surface area contributed by atoms with Crippen molar-refractivity contribution in [1.82, 2.24) is 10.2 Å². The predicted octanol–water partition coefficient (Wildman–Crippen LogP) is 11.0. The Morgan fingerprint density at radius 2 is 1.67 bits per heavy atom. The molecule has 1 unspecified atom stereocenters. The average Bonchev–Trinajstić information content (AvgIpc) is 3.33. The van der Waals surface area contributed by atoms with Gasteiger partial charge in [0.25, 0.3) is 0 Å². The van der Waals surface area contributed by atoms with Gasteiger partial charge in [-0.3, -0.25) is 4.79 Å². The zero-order valence-electron chi connectivity index (χ0n) is 40.3. The molecule has 67 heavy (non-hydrogen) atoms. The van der Waals surface area contributed by atoms with Gasteiger partial charge < -0.3 is 44.2 Å². The summed E-state index contributed by atoms with van der Waals surface area (Å²) in [5.41, 5.74) is 3.19. The summed E-state index contributed by atoms with van der Waals surface area (Å²) >= 11 is 0. The van der Waals surface area contributed by atoms with Crippen LogP contribution < -0.4 is 14.8 Å². The van der Waals surface area contributed by atoms with Crippen molar-refractivity contribution >= 4 is 17.7 Å². The van der Waals surface area contributed by atoms with E-state index in [9.17, 15) is 19.4 Å². The van der Waals surface area contributed by atoms with E-state index in [0.29, 0.717) is 56.0 Å². The van der Waals surface area contributed by atoms with Gasteiger partial charge in [-0.2, -0.15) is 0 Å². The zero-order chi connectivity index (χ0) is 47.4. The highest BCUT2D eigenvalue weighted by Crippen LogP contribution is 2.62. The number of unbranched alkanes of at least 4 members (excludes halogenated alkanes) is 10. The fourth-order valence-electron chi connectivity index (χ4n) is 10.8. The Hall–Kier alpha value is -4.30. The van der Waals surface area contributed by atoms with Crippen LogP contribution in [0.25, 0.3) is 0 Å². The molecule has 2 aromatic carbocycles. The van der Waals surface area contributed by atoms with Crippen LogP contribution in [0.5, 0.6) is 11.5 Å². The largest absolute Gasteiger partial charge is 0.459 e. The molecule has 1 saturated heterocycles. The number of nitrogens with zero attached hydrogens (tertiary/aromatic N) is 2. The number of carbonyl (C=O) groups is 2. The third kappa shape index (κ3) is 13.9. The number of allylic oxidation sites excluding steroid dienone is 1. The van der Waals surface area contributed by atoms with Gasteiger partial charge in [0, 0.05) is 57.0 Å². The summed E-state index contributed by atoms with van der Waals surface area (Å²) in [4.78, 5) is 36.2. The van der Waals surface area contributed by atoms with Crippen LogP contribution in [0.2, 0.25) is 0 Å². The van der Waals surface area contributed by atoms with Gasteiger partial charge in [-0.15, -0.1) is 6.58 Å².